The first-order valence-corrected chi connectivity index (χ1v) is 11.2. The molecule has 0 unspecified atom stereocenters. The first kappa shape index (κ1) is 22.3. The molecular formula is C24H16Cl2N2O6. The second-order valence-corrected chi connectivity index (χ2v) is 8.76. The van der Waals surface area contributed by atoms with Crippen LogP contribution < -0.4 is 4.90 Å². The molecule has 34 heavy (non-hydrogen) atoms. The number of carbonyl (C=O) groups is 4. The Morgan fingerprint density at radius 1 is 1.09 bits per heavy atom. The van der Waals surface area contributed by atoms with Crippen LogP contribution in [0.15, 0.2) is 53.0 Å². The first-order valence-electron chi connectivity index (χ1n) is 10.4. The predicted molar refractivity (Wildman–Crippen MR) is 124 cm³/mol. The van der Waals surface area contributed by atoms with Gasteiger partial charge in [0, 0.05) is 16.1 Å². The minimum atomic E-state index is -1.36. The van der Waals surface area contributed by atoms with Crippen molar-refractivity contribution in [2.75, 3.05) is 11.5 Å². The van der Waals surface area contributed by atoms with Crippen LogP contribution in [0.25, 0.3) is 5.76 Å². The molecule has 2 aromatic carbocycles. The minimum Gasteiger partial charge on any atom is -0.506 e. The van der Waals surface area contributed by atoms with E-state index < -0.39 is 41.4 Å². The molecule has 1 aliphatic carbocycles. The molecule has 2 aliphatic heterocycles. The fourth-order valence-corrected chi connectivity index (χ4v) is 5.15. The van der Waals surface area contributed by atoms with Crippen molar-refractivity contribution in [1.29, 1.82) is 0 Å². The fourth-order valence-electron chi connectivity index (χ4n) is 4.66. The number of hydrogen-bond donors (Lipinski definition) is 1. The van der Waals surface area contributed by atoms with Crippen molar-refractivity contribution in [1.82, 2.24) is 0 Å². The molecule has 1 fully saturated rings. The first-order chi connectivity index (χ1) is 16.3. The molecule has 1 N–H and O–H groups in total. The van der Waals surface area contributed by atoms with Crippen molar-refractivity contribution in [2.24, 2.45) is 16.8 Å². The number of aliphatic hydroxyl groups is 1. The number of fused-ring (bicyclic) bond motifs is 2. The average molecular weight is 499 g/mol. The van der Waals surface area contributed by atoms with E-state index in [1.54, 1.807) is 25.1 Å². The van der Waals surface area contributed by atoms with Gasteiger partial charge >= 0.3 is 5.97 Å². The molecule has 172 valence electrons. The predicted octanol–water partition coefficient (Wildman–Crippen LogP) is 3.65. The number of ether oxygens (including phenoxy) is 1. The summed E-state index contributed by atoms with van der Waals surface area (Å²) in [5, 5.41) is 11.2. The maximum absolute atomic E-state index is 13.6. The van der Waals surface area contributed by atoms with Crippen molar-refractivity contribution in [3.63, 3.8) is 0 Å². The average Bonchev–Trinajstić information content (AvgIpc) is 3.39. The van der Waals surface area contributed by atoms with Crippen LogP contribution in [0.2, 0.25) is 10.0 Å². The van der Waals surface area contributed by atoms with Crippen molar-refractivity contribution in [3.05, 3.63) is 69.2 Å². The highest BCUT2D eigenvalue weighted by atomic mass is 35.5. The van der Waals surface area contributed by atoms with E-state index in [0.29, 0.717) is 5.02 Å². The Labute approximate surface area is 203 Å². The zero-order valence-corrected chi connectivity index (χ0v) is 19.1. The molecule has 0 radical (unpaired) electrons. The van der Waals surface area contributed by atoms with Gasteiger partial charge in [-0.3, -0.25) is 19.4 Å². The molecule has 5 rings (SSSR count). The van der Waals surface area contributed by atoms with Gasteiger partial charge in [-0.05, 0) is 25.1 Å². The summed E-state index contributed by atoms with van der Waals surface area (Å²) in [7, 11) is 0. The molecule has 2 amide bonds. The summed E-state index contributed by atoms with van der Waals surface area (Å²) in [6.07, 6.45) is 0. The molecule has 10 heteroatoms. The van der Waals surface area contributed by atoms with Crippen molar-refractivity contribution in [3.8, 4) is 0 Å². The van der Waals surface area contributed by atoms with E-state index in [4.69, 9.17) is 27.9 Å². The molecule has 3 aliphatic rings. The highest BCUT2D eigenvalue weighted by Gasteiger charge is 2.61. The molecule has 2 heterocycles. The van der Waals surface area contributed by atoms with Crippen LogP contribution in [0.4, 0.5) is 5.69 Å². The number of aliphatic imine (C=N–C) groups is 1. The molecule has 0 spiro atoms. The summed E-state index contributed by atoms with van der Waals surface area (Å²) in [6, 6.07) is 9.32. The van der Waals surface area contributed by atoms with Gasteiger partial charge in [0.1, 0.15) is 5.76 Å². The molecule has 8 nitrogen and oxygen atoms in total. The Morgan fingerprint density at radius 3 is 2.44 bits per heavy atom. The van der Waals surface area contributed by atoms with Gasteiger partial charge in [0.25, 0.3) is 0 Å². The number of aliphatic hydroxyl groups excluding tert-OH is 1. The molecule has 0 aromatic heterocycles. The number of halogens is 2. The number of allylic oxidation sites excluding steroid dienone is 1. The maximum atomic E-state index is 13.6. The third-order valence-electron chi connectivity index (χ3n) is 6.09. The Kier molecular flexibility index (Phi) is 5.30. The zero-order chi connectivity index (χ0) is 24.3. The zero-order valence-electron chi connectivity index (χ0n) is 17.6. The van der Waals surface area contributed by atoms with Crippen molar-refractivity contribution in [2.45, 2.75) is 13.0 Å². The number of imide groups is 1. The number of benzene rings is 2. The molecule has 3 atom stereocenters. The number of hydrogen-bond acceptors (Lipinski definition) is 7. The summed E-state index contributed by atoms with van der Waals surface area (Å²) in [4.78, 5) is 58.1. The van der Waals surface area contributed by atoms with Gasteiger partial charge in [-0.25, -0.2) is 9.69 Å². The van der Waals surface area contributed by atoms with Gasteiger partial charge in [-0.1, -0.05) is 47.5 Å². The summed E-state index contributed by atoms with van der Waals surface area (Å²) in [6.45, 7) is 1.63. The van der Waals surface area contributed by atoms with Gasteiger partial charge in [0.05, 0.1) is 40.4 Å². The minimum absolute atomic E-state index is 0.0325. The van der Waals surface area contributed by atoms with E-state index in [0.717, 1.165) is 4.90 Å². The largest absolute Gasteiger partial charge is 0.506 e. The third kappa shape index (κ3) is 3.09. The lowest BCUT2D eigenvalue weighted by molar-refractivity contribution is -0.147. The number of anilines is 1. The van der Waals surface area contributed by atoms with Gasteiger partial charge in [-0.15, -0.1) is 0 Å². The van der Waals surface area contributed by atoms with Crippen LogP contribution in [0.1, 0.15) is 22.8 Å². The Hall–Kier alpha value is -3.49. The number of carbonyl (C=O) groups excluding carboxylic acids is 4. The summed E-state index contributed by atoms with van der Waals surface area (Å²) >= 11 is 12.2. The SMILES string of the molecule is CCOC(=O)[C@@H]1N=C(C2=C(O)c3ccccc3C2=O)[C@@H]2C(=O)N(c3ccc(Cl)cc3Cl)C(=O)[C@@H]21. The quantitative estimate of drug-likeness (QED) is 0.508. The second-order valence-electron chi connectivity index (χ2n) is 7.92. The molecule has 0 saturated carbocycles. The van der Waals surface area contributed by atoms with Crippen LogP contribution in [0.5, 0.6) is 0 Å². The van der Waals surface area contributed by atoms with Gasteiger partial charge in [-0.2, -0.15) is 0 Å². The highest BCUT2D eigenvalue weighted by Crippen LogP contribution is 2.45. The van der Waals surface area contributed by atoms with E-state index in [1.165, 1.54) is 24.3 Å². The smallest absolute Gasteiger partial charge is 0.331 e. The number of nitrogens with zero attached hydrogens (tertiary/aromatic N) is 2. The standard InChI is InChI=1S/C24H16Cl2N2O6/c1-2-34-24(33)19-16-15(22(31)28(23(16)32)14-8-7-10(25)9-13(14)26)18(27-19)17-20(29)11-5-3-4-6-12(11)21(17)30/h3-9,15-16,19,29H,2H2,1H3/t15-,16+,19-/m1/s1. The second kappa shape index (κ2) is 8.07. The van der Waals surface area contributed by atoms with E-state index in [9.17, 15) is 24.3 Å². The summed E-state index contributed by atoms with van der Waals surface area (Å²) in [5.41, 5.74) is 0.302. The van der Waals surface area contributed by atoms with Crippen molar-refractivity contribution >= 4 is 63.9 Å². The van der Waals surface area contributed by atoms with Gasteiger partial charge in [0.2, 0.25) is 11.8 Å². The van der Waals surface area contributed by atoms with Crippen molar-refractivity contribution < 1.29 is 29.0 Å². The van der Waals surface area contributed by atoms with Crippen LogP contribution in [0, 0.1) is 11.8 Å². The third-order valence-corrected chi connectivity index (χ3v) is 6.63. The lowest BCUT2D eigenvalue weighted by atomic mass is 9.85. The molecule has 1 saturated heterocycles. The number of rotatable bonds is 4. The number of Topliss-reactive ketones (excluding diaryl/α,β-unsaturated/α-hetero) is 1. The number of amides is 2. The normalized spacial score (nSPS) is 23.4. The molecular weight excluding hydrogens is 483 g/mol. The van der Waals surface area contributed by atoms with E-state index >= 15 is 0 Å². The number of ketones is 1. The lowest BCUT2D eigenvalue weighted by Gasteiger charge is -2.19. The van der Waals surface area contributed by atoms with Gasteiger partial charge < -0.3 is 9.84 Å². The Bertz CT molecular complexity index is 1360. The Balaban J connectivity index is 1.64. The van der Waals surface area contributed by atoms with E-state index in [2.05, 4.69) is 4.99 Å². The topological polar surface area (TPSA) is 113 Å². The Morgan fingerprint density at radius 2 is 1.79 bits per heavy atom. The van der Waals surface area contributed by atoms with Crippen LogP contribution in [-0.4, -0.2) is 47.0 Å². The van der Waals surface area contributed by atoms with E-state index in [-0.39, 0.29) is 45.5 Å². The van der Waals surface area contributed by atoms with Crippen LogP contribution in [0.3, 0.4) is 0 Å². The fraction of sp³-hybridized carbons (Fsp3) is 0.208. The maximum Gasteiger partial charge on any atom is 0.331 e. The van der Waals surface area contributed by atoms with Crippen LogP contribution >= 0.6 is 23.2 Å². The summed E-state index contributed by atoms with van der Waals surface area (Å²) in [5.74, 6) is -5.65. The lowest BCUT2D eigenvalue weighted by Crippen LogP contribution is -2.36. The monoisotopic (exact) mass is 498 g/mol. The van der Waals surface area contributed by atoms with Gasteiger partial charge in [0.15, 0.2) is 11.8 Å². The van der Waals surface area contributed by atoms with Crippen LogP contribution in [-0.2, 0) is 19.1 Å². The molecule has 2 aromatic rings. The van der Waals surface area contributed by atoms with E-state index in [1.807, 2.05) is 0 Å². The summed E-state index contributed by atoms with van der Waals surface area (Å²) < 4.78 is 5.09. The number of esters is 1. The highest BCUT2D eigenvalue weighted by molar-refractivity contribution is 6.44. The molecule has 0 bridgehead atoms.